The van der Waals surface area contributed by atoms with Gasteiger partial charge in [-0.1, -0.05) is 72.4 Å². The Balaban J connectivity index is 1.57. The van der Waals surface area contributed by atoms with Crippen LogP contribution in [0, 0.1) is 0 Å². The number of thioether (sulfide) groups is 1. The summed E-state index contributed by atoms with van der Waals surface area (Å²) >= 11 is 2.82. The second-order valence-corrected chi connectivity index (χ2v) is 9.73. The molecular weight excluding hydrogens is 426 g/mol. The van der Waals surface area contributed by atoms with Crippen molar-refractivity contribution in [1.82, 2.24) is 14.5 Å². The first kappa shape index (κ1) is 21.3. The molecule has 0 spiro atoms. The molecule has 1 unspecified atom stereocenters. The van der Waals surface area contributed by atoms with E-state index in [9.17, 15) is 9.59 Å². The van der Waals surface area contributed by atoms with E-state index in [0.29, 0.717) is 21.9 Å². The zero-order chi connectivity index (χ0) is 22.0. The van der Waals surface area contributed by atoms with Crippen molar-refractivity contribution >= 4 is 39.2 Å². The molecule has 1 atom stereocenters. The van der Waals surface area contributed by atoms with Crippen LogP contribution in [0.5, 0.6) is 0 Å². The summed E-state index contributed by atoms with van der Waals surface area (Å²) in [6.45, 7) is 2.40. The Morgan fingerprint density at radius 2 is 1.77 bits per heavy atom. The molecule has 158 valence electrons. The summed E-state index contributed by atoms with van der Waals surface area (Å²) in [4.78, 5) is 34.0. The van der Waals surface area contributed by atoms with E-state index >= 15 is 0 Å². The van der Waals surface area contributed by atoms with Crippen molar-refractivity contribution in [3.05, 3.63) is 82.6 Å². The maximum Gasteiger partial charge on any atom is 0.262 e. The third kappa shape index (κ3) is 4.57. The highest BCUT2D eigenvalue weighted by atomic mass is 32.2. The summed E-state index contributed by atoms with van der Waals surface area (Å²) in [6, 6.07) is 21.8. The van der Waals surface area contributed by atoms with Gasteiger partial charge in [-0.15, -0.1) is 11.3 Å². The minimum absolute atomic E-state index is 0.000599. The van der Waals surface area contributed by atoms with Gasteiger partial charge < -0.3 is 4.90 Å². The number of rotatable bonds is 6. The largest absolute Gasteiger partial charge is 0.340 e. The van der Waals surface area contributed by atoms with E-state index in [-0.39, 0.29) is 16.7 Å². The molecule has 0 radical (unpaired) electrons. The smallest absolute Gasteiger partial charge is 0.262 e. The van der Waals surface area contributed by atoms with Crippen LogP contribution in [0.15, 0.2) is 76.7 Å². The standard InChI is InChI=1S/C24H23N3O2S2/c1-16(22(28)26(2)15-17-10-6-4-7-11-17)30-24-25-21-19(23(29)27(24)3)14-20(31-21)18-12-8-5-9-13-18/h4-14,16H,15H2,1-3H3. The van der Waals surface area contributed by atoms with E-state index in [1.807, 2.05) is 73.7 Å². The Kier molecular flexibility index (Phi) is 6.25. The van der Waals surface area contributed by atoms with Crippen molar-refractivity contribution in [2.45, 2.75) is 23.9 Å². The Hall–Kier alpha value is -2.90. The van der Waals surface area contributed by atoms with Gasteiger partial charge in [-0.2, -0.15) is 0 Å². The molecule has 1 amide bonds. The van der Waals surface area contributed by atoms with Crippen LogP contribution in [0.25, 0.3) is 20.7 Å². The normalized spacial score (nSPS) is 12.1. The topological polar surface area (TPSA) is 55.2 Å². The Morgan fingerprint density at radius 3 is 2.45 bits per heavy atom. The van der Waals surface area contributed by atoms with Crippen LogP contribution in [0.2, 0.25) is 0 Å². The molecule has 2 heterocycles. The van der Waals surface area contributed by atoms with E-state index < -0.39 is 0 Å². The van der Waals surface area contributed by atoms with Gasteiger partial charge in [-0.25, -0.2) is 4.98 Å². The van der Waals surface area contributed by atoms with Gasteiger partial charge >= 0.3 is 0 Å². The molecule has 0 fully saturated rings. The highest BCUT2D eigenvalue weighted by molar-refractivity contribution is 8.00. The van der Waals surface area contributed by atoms with Crippen molar-refractivity contribution in [3.8, 4) is 10.4 Å². The minimum atomic E-state index is -0.363. The van der Waals surface area contributed by atoms with E-state index in [0.717, 1.165) is 16.0 Å². The third-order valence-corrected chi connectivity index (χ3v) is 7.27. The summed E-state index contributed by atoms with van der Waals surface area (Å²) in [6.07, 6.45) is 0. The fraction of sp³-hybridized carbons (Fsp3) is 0.208. The molecule has 0 bridgehead atoms. The van der Waals surface area contributed by atoms with Gasteiger partial charge in [0.2, 0.25) is 5.91 Å². The summed E-state index contributed by atoms with van der Waals surface area (Å²) in [7, 11) is 3.51. The number of carbonyl (C=O) groups excluding carboxylic acids is 1. The van der Waals surface area contributed by atoms with Crippen LogP contribution in [0.3, 0.4) is 0 Å². The first-order valence-corrected chi connectivity index (χ1v) is 11.6. The SMILES string of the molecule is CC(Sc1nc2sc(-c3ccccc3)cc2c(=O)n1C)C(=O)N(C)Cc1ccccc1. The lowest BCUT2D eigenvalue weighted by atomic mass is 10.2. The van der Waals surface area contributed by atoms with Crippen molar-refractivity contribution in [3.63, 3.8) is 0 Å². The number of amides is 1. The lowest BCUT2D eigenvalue weighted by Crippen LogP contribution is -2.33. The molecule has 4 rings (SSSR count). The molecule has 0 saturated carbocycles. The maximum absolute atomic E-state index is 12.9. The van der Waals surface area contributed by atoms with Crippen LogP contribution in [-0.4, -0.2) is 32.7 Å². The highest BCUT2D eigenvalue weighted by Crippen LogP contribution is 2.32. The summed E-state index contributed by atoms with van der Waals surface area (Å²) in [5.41, 5.74) is 2.05. The zero-order valence-corrected chi connectivity index (χ0v) is 19.2. The van der Waals surface area contributed by atoms with Gasteiger partial charge in [-0.05, 0) is 24.1 Å². The predicted octanol–water partition coefficient (Wildman–Crippen LogP) is 4.80. The van der Waals surface area contributed by atoms with Crippen LogP contribution < -0.4 is 5.56 Å². The zero-order valence-electron chi connectivity index (χ0n) is 17.6. The first-order chi connectivity index (χ1) is 14.9. The third-order valence-electron chi connectivity index (χ3n) is 5.06. The number of hydrogen-bond donors (Lipinski definition) is 0. The van der Waals surface area contributed by atoms with Crippen molar-refractivity contribution < 1.29 is 4.79 Å². The summed E-state index contributed by atoms with van der Waals surface area (Å²) < 4.78 is 1.54. The Morgan fingerprint density at radius 1 is 1.13 bits per heavy atom. The lowest BCUT2D eigenvalue weighted by molar-refractivity contribution is -0.129. The first-order valence-electron chi connectivity index (χ1n) is 9.95. The number of carbonyl (C=O) groups is 1. The molecule has 0 aliphatic rings. The average molecular weight is 450 g/mol. The molecule has 0 saturated heterocycles. The second-order valence-electron chi connectivity index (χ2n) is 7.39. The van der Waals surface area contributed by atoms with Crippen LogP contribution in [0.1, 0.15) is 12.5 Å². The molecule has 4 aromatic rings. The lowest BCUT2D eigenvalue weighted by Gasteiger charge is -2.21. The fourth-order valence-corrected chi connectivity index (χ4v) is 5.42. The van der Waals surface area contributed by atoms with E-state index in [2.05, 4.69) is 0 Å². The number of nitrogens with zero attached hydrogens (tertiary/aromatic N) is 3. The molecule has 31 heavy (non-hydrogen) atoms. The number of hydrogen-bond acceptors (Lipinski definition) is 5. The second kappa shape index (κ2) is 9.08. The molecular formula is C24H23N3O2S2. The number of fused-ring (bicyclic) bond motifs is 1. The van der Waals surface area contributed by atoms with Crippen molar-refractivity contribution in [2.75, 3.05) is 7.05 Å². The quantitative estimate of drug-likeness (QED) is 0.313. The van der Waals surface area contributed by atoms with Gasteiger partial charge in [0.15, 0.2) is 5.16 Å². The Bertz CT molecular complexity index is 1270. The Labute approximate surface area is 189 Å². The average Bonchev–Trinajstić information content (AvgIpc) is 3.22. The molecule has 2 aromatic carbocycles. The molecule has 7 heteroatoms. The van der Waals surface area contributed by atoms with Crippen molar-refractivity contribution in [2.24, 2.45) is 7.05 Å². The number of benzene rings is 2. The summed E-state index contributed by atoms with van der Waals surface area (Å²) in [5, 5.41) is 0.793. The molecule has 0 N–H and O–H groups in total. The molecule has 5 nitrogen and oxygen atoms in total. The van der Waals surface area contributed by atoms with Crippen molar-refractivity contribution in [1.29, 1.82) is 0 Å². The summed E-state index contributed by atoms with van der Waals surface area (Å²) in [5.74, 6) is -0.000599. The van der Waals surface area contributed by atoms with E-state index in [4.69, 9.17) is 4.98 Å². The minimum Gasteiger partial charge on any atom is -0.340 e. The highest BCUT2D eigenvalue weighted by Gasteiger charge is 2.22. The fourth-order valence-electron chi connectivity index (χ4n) is 3.35. The molecule has 2 aromatic heterocycles. The molecule has 0 aliphatic heterocycles. The monoisotopic (exact) mass is 449 g/mol. The van der Waals surface area contributed by atoms with Gasteiger partial charge in [0, 0.05) is 25.5 Å². The van der Waals surface area contributed by atoms with Gasteiger partial charge in [0.05, 0.1) is 10.6 Å². The maximum atomic E-state index is 12.9. The number of aromatic nitrogens is 2. The van der Waals surface area contributed by atoms with Gasteiger partial charge in [-0.3, -0.25) is 14.2 Å². The van der Waals surface area contributed by atoms with Gasteiger partial charge in [0.1, 0.15) is 4.83 Å². The predicted molar refractivity (Wildman–Crippen MR) is 129 cm³/mol. The van der Waals surface area contributed by atoms with E-state index in [1.54, 1.807) is 19.0 Å². The number of thiophene rings is 1. The van der Waals surface area contributed by atoms with E-state index in [1.165, 1.54) is 27.7 Å². The van der Waals surface area contributed by atoms with Crippen LogP contribution >= 0.6 is 23.1 Å². The van der Waals surface area contributed by atoms with Gasteiger partial charge in [0.25, 0.3) is 5.56 Å². The van der Waals surface area contributed by atoms with Crippen LogP contribution in [-0.2, 0) is 18.4 Å². The molecule has 0 aliphatic carbocycles. The van der Waals surface area contributed by atoms with Crippen LogP contribution in [0.4, 0.5) is 0 Å².